The van der Waals surface area contributed by atoms with E-state index in [0.29, 0.717) is 42.9 Å². The van der Waals surface area contributed by atoms with Crippen molar-refractivity contribution in [1.82, 2.24) is 4.90 Å². The SMILES string of the molecule is CCN(Cc1ccc2c(c1)OCCO2)C(=S)Nc1ccc(OC(F)(F)F)cc1. The summed E-state index contributed by atoms with van der Waals surface area (Å²) in [7, 11) is 0. The maximum atomic E-state index is 12.2. The topological polar surface area (TPSA) is 43.0 Å². The molecule has 0 unspecified atom stereocenters. The monoisotopic (exact) mass is 412 g/mol. The van der Waals surface area contributed by atoms with Gasteiger partial charge in [-0.25, -0.2) is 0 Å². The number of alkyl halides is 3. The number of nitrogens with one attached hydrogen (secondary N) is 1. The van der Waals surface area contributed by atoms with Crippen LogP contribution >= 0.6 is 12.2 Å². The van der Waals surface area contributed by atoms with E-state index in [1.54, 1.807) is 0 Å². The molecule has 0 bridgehead atoms. The van der Waals surface area contributed by atoms with E-state index in [-0.39, 0.29) is 5.75 Å². The van der Waals surface area contributed by atoms with Gasteiger partial charge < -0.3 is 24.4 Å². The summed E-state index contributed by atoms with van der Waals surface area (Å²) in [6, 6.07) is 11.2. The molecule has 0 saturated carbocycles. The summed E-state index contributed by atoms with van der Waals surface area (Å²) >= 11 is 5.44. The Kier molecular flexibility index (Phi) is 6.13. The number of benzene rings is 2. The lowest BCUT2D eigenvalue weighted by Crippen LogP contribution is -2.34. The second kappa shape index (κ2) is 8.55. The van der Waals surface area contributed by atoms with Gasteiger partial charge in [0, 0.05) is 18.8 Å². The molecule has 0 fully saturated rings. The Morgan fingerprint density at radius 3 is 2.43 bits per heavy atom. The average Bonchev–Trinajstić information content (AvgIpc) is 2.66. The van der Waals surface area contributed by atoms with E-state index in [1.807, 2.05) is 30.0 Å². The highest BCUT2D eigenvalue weighted by molar-refractivity contribution is 7.80. The van der Waals surface area contributed by atoms with E-state index in [1.165, 1.54) is 24.3 Å². The van der Waals surface area contributed by atoms with Gasteiger partial charge in [0.25, 0.3) is 0 Å². The van der Waals surface area contributed by atoms with Gasteiger partial charge in [0.05, 0.1) is 0 Å². The summed E-state index contributed by atoms with van der Waals surface area (Å²) in [5.74, 6) is 1.14. The summed E-state index contributed by atoms with van der Waals surface area (Å²) in [5.41, 5.74) is 1.57. The highest BCUT2D eigenvalue weighted by Gasteiger charge is 2.31. The van der Waals surface area contributed by atoms with Crippen LogP contribution in [0.4, 0.5) is 18.9 Å². The summed E-state index contributed by atoms with van der Waals surface area (Å²) in [4.78, 5) is 1.93. The van der Waals surface area contributed by atoms with E-state index in [9.17, 15) is 13.2 Å². The second-order valence-electron chi connectivity index (χ2n) is 5.99. The molecule has 0 aliphatic carbocycles. The third kappa shape index (κ3) is 5.41. The van der Waals surface area contributed by atoms with E-state index in [2.05, 4.69) is 10.1 Å². The van der Waals surface area contributed by atoms with Crippen LogP contribution in [0, 0.1) is 0 Å². The fourth-order valence-corrected chi connectivity index (χ4v) is 2.99. The van der Waals surface area contributed by atoms with Gasteiger partial charge >= 0.3 is 6.36 Å². The van der Waals surface area contributed by atoms with Gasteiger partial charge in [0.1, 0.15) is 19.0 Å². The number of hydrogen-bond donors (Lipinski definition) is 1. The van der Waals surface area contributed by atoms with Gasteiger partial charge in [0.15, 0.2) is 16.6 Å². The van der Waals surface area contributed by atoms with Crippen molar-refractivity contribution in [3.8, 4) is 17.2 Å². The summed E-state index contributed by atoms with van der Waals surface area (Å²) in [5, 5.41) is 3.49. The molecule has 1 aliphatic heterocycles. The first-order chi connectivity index (χ1) is 13.3. The molecule has 0 aromatic heterocycles. The minimum absolute atomic E-state index is 0.285. The minimum Gasteiger partial charge on any atom is -0.486 e. The summed E-state index contributed by atoms with van der Waals surface area (Å²) < 4.78 is 51.7. The van der Waals surface area contributed by atoms with Crippen molar-refractivity contribution in [3.05, 3.63) is 48.0 Å². The molecule has 0 saturated heterocycles. The molecule has 0 spiro atoms. The van der Waals surface area contributed by atoms with Crippen LogP contribution in [0.25, 0.3) is 0 Å². The number of rotatable bonds is 5. The van der Waals surface area contributed by atoms with E-state index in [0.717, 1.165) is 11.3 Å². The van der Waals surface area contributed by atoms with Crippen molar-refractivity contribution >= 4 is 23.0 Å². The van der Waals surface area contributed by atoms with Crippen molar-refractivity contribution in [1.29, 1.82) is 0 Å². The zero-order valence-corrected chi connectivity index (χ0v) is 15.9. The van der Waals surface area contributed by atoms with Crippen molar-refractivity contribution in [2.24, 2.45) is 0 Å². The third-order valence-corrected chi connectivity index (χ3v) is 4.35. The molecule has 28 heavy (non-hydrogen) atoms. The maximum Gasteiger partial charge on any atom is 0.573 e. The van der Waals surface area contributed by atoms with E-state index < -0.39 is 6.36 Å². The first-order valence-corrected chi connectivity index (χ1v) is 9.05. The van der Waals surface area contributed by atoms with Crippen molar-refractivity contribution < 1.29 is 27.4 Å². The number of nitrogens with zero attached hydrogens (tertiary/aromatic N) is 1. The van der Waals surface area contributed by atoms with Crippen LogP contribution in [-0.4, -0.2) is 36.1 Å². The maximum absolute atomic E-state index is 12.2. The quantitative estimate of drug-likeness (QED) is 0.726. The molecule has 0 amide bonds. The predicted octanol–water partition coefficient (Wildman–Crippen LogP) is 4.58. The highest BCUT2D eigenvalue weighted by atomic mass is 32.1. The Bertz CT molecular complexity index is 828. The van der Waals surface area contributed by atoms with E-state index >= 15 is 0 Å². The summed E-state index contributed by atoms with van der Waals surface area (Å²) in [6.45, 7) is 4.21. The first kappa shape index (κ1) is 20.1. The zero-order valence-electron chi connectivity index (χ0n) is 15.1. The largest absolute Gasteiger partial charge is 0.573 e. The second-order valence-corrected chi connectivity index (χ2v) is 6.38. The Morgan fingerprint density at radius 1 is 1.11 bits per heavy atom. The molecule has 1 N–H and O–H groups in total. The average molecular weight is 412 g/mol. The lowest BCUT2D eigenvalue weighted by molar-refractivity contribution is -0.274. The van der Waals surface area contributed by atoms with Gasteiger partial charge in [-0.15, -0.1) is 13.2 Å². The number of anilines is 1. The smallest absolute Gasteiger partial charge is 0.486 e. The van der Waals surface area contributed by atoms with Crippen LogP contribution in [0.2, 0.25) is 0 Å². The highest BCUT2D eigenvalue weighted by Crippen LogP contribution is 2.31. The molecule has 2 aromatic carbocycles. The molecule has 0 atom stereocenters. The fraction of sp³-hybridized carbons (Fsp3) is 0.316. The first-order valence-electron chi connectivity index (χ1n) is 8.64. The standard InChI is InChI=1S/C19H19F3N2O3S/c1-2-24(12-13-3-8-16-17(11-13)26-10-9-25-16)18(28)23-14-4-6-15(7-5-14)27-19(20,21)22/h3-8,11H,2,9-10,12H2,1H3,(H,23,28). The molecule has 9 heteroatoms. The Balaban J connectivity index is 1.62. The van der Waals surface area contributed by atoms with Gasteiger partial charge in [-0.2, -0.15) is 0 Å². The molecule has 150 valence electrons. The third-order valence-electron chi connectivity index (χ3n) is 3.99. The van der Waals surface area contributed by atoms with Crippen LogP contribution in [-0.2, 0) is 6.54 Å². The molecule has 2 aromatic rings. The van der Waals surface area contributed by atoms with Gasteiger partial charge in [0.2, 0.25) is 0 Å². The number of hydrogen-bond acceptors (Lipinski definition) is 4. The van der Waals surface area contributed by atoms with Gasteiger partial charge in [-0.3, -0.25) is 0 Å². The normalized spacial score (nSPS) is 13.0. The van der Waals surface area contributed by atoms with E-state index in [4.69, 9.17) is 21.7 Å². The predicted molar refractivity (Wildman–Crippen MR) is 103 cm³/mol. The lowest BCUT2D eigenvalue weighted by Gasteiger charge is -2.25. The fourth-order valence-electron chi connectivity index (χ4n) is 2.68. The molecule has 1 heterocycles. The van der Waals surface area contributed by atoms with Crippen LogP contribution < -0.4 is 19.5 Å². The molecule has 5 nitrogen and oxygen atoms in total. The summed E-state index contributed by atoms with van der Waals surface area (Å²) in [6.07, 6.45) is -4.72. The van der Waals surface area contributed by atoms with Gasteiger partial charge in [-0.05, 0) is 61.1 Å². The minimum atomic E-state index is -4.72. The number of thiocarbonyl (C=S) groups is 1. The zero-order chi connectivity index (χ0) is 20.1. The van der Waals surface area contributed by atoms with Crippen LogP contribution in [0.15, 0.2) is 42.5 Å². The van der Waals surface area contributed by atoms with Crippen LogP contribution in [0.1, 0.15) is 12.5 Å². The Labute approximate surface area is 166 Å². The molecular formula is C19H19F3N2O3S. The van der Waals surface area contributed by atoms with Crippen molar-refractivity contribution in [3.63, 3.8) is 0 Å². The molecule has 3 rings (SSSR count). The van der Waals surface area contributed by atoms with Crippen molar-refractivity contribution in [2.75, 3.05) is 25.1 Å². The number of halogens is 3. The lowest BCUT2D eigenvalue weighted by atomic mass is 10.2. The van der Waals surface area contributed by atoms with Crippen LogP contribution in [0.5, 0.6) is 17.2 Å². The molecule has 1 aliphatic rings. The molecular weight excluding hydrogens is 393 g/mol. The van der Waals surface area contributed by atoms with Gasteiger partial charge in [-0.1, -0.05) is 6.07 Å². The Morgan fingerprint density at radius 2 is 1.79 bits per heavy atom. The Hall–Kier alpha value is -2.68. The molecule has 0 radical (unpaired) electrons. The number of fused-ring (bicyclic) bond motifs is 1. The number of ether oxygens (including phenoxy) is 3. The van der Waals surface area contributed by atoms with Crippen LogP contribution in [0.3, 0.4) is 0 Å². The van der Waals surface area contributed by atoms with Crippen molar-refractivity contribution in [2.45, 2.75) is 19.8 Å².